The Labute approximate surface area is 171 Å². The van der Waals surface area contributed by atoms with Crippen LogP contribution in [0.15, 0.2) is 48.5 Å². The fourth-order valence-corrected chi connectivity index (χ4v) is 3.27. The molecule has 0 spiro atoms. The van der Waals surface area contributed by atoms with Gasteiger partial charge in [0.2, 0.25) is 0 Å². The van der Waals surface area contributed by atoms with Crippen LogP contribution in [0.4, 0.5) is 5.69 Å². The van der Waals surface area contributed by atoms with Gasteiger partial charge in [-0.25, -0.2) is 0 Å². The topological polar surface area (TPSA) is 76.7 Å². The second-order valence-corrected chi connectivity index (χ2v) is 7.16. The van der Waals surface area contributed by atoms with E-state index in [1.54, 1.807) is 24.3 Å². The van der Waals surface area contributed by atoms with Crippen molar-refractivity contribution < 1.29 is 19.1 Å². The molecule has 2 atom stereocenters. The Balaban J connectivity index is 1.66. The first-order valence-corrected chi connectivity index (χ1v) is 10.1. The molecule has 0 bridgehead atoms. The summed E-state index contributed by atoms with van der Waals surface area (Å²) in [4.78, 5) is 25.4. The molecule has 0 unspecified atom stereocenters. The molecular formula is C23H28N2O4. The van der Waals surface area contributed by atoms with Gasteiger partial charge in [-0.2, -0.15) is 0 Å². The first-order valence-electron chi connectivity index (χ1n) is 10.1. The summed E-state index contributed by atoms with van der Waals surface area (Å²) in [6.45, 7) is 5.04. The quantitative estimate of drug-likeness (QED) is 0.713. The van der Waals surface area contributed by atoms with E-state index < -0.39 is 6.10 Å². The summed E-state index contributed by atoms with van der Waals surface area (Å²) in [6.07, 6.45) is 1.89. The average Bonchev–Trinajstić information content (AvgIpc) is 3.25. The van der Waals surface area contributed by atoms with Gasteiger partial charge in [0, 0.05) is 13.2 Å². The van der Waals surface area contributed by atoms with Crippen LogP contribution < -0.4 is 15.4 Å². The fraction of sp³-hybridized carbons (Fsp3) is 0.391. The number of carbonyl (C=O) groups excluding carboxylic acids is 2. The third kappa shape index (κ3) is 5.57. The standard InChI is InChI=1S/C23H28N2O4/c1-3-20(29-21-13-7-4-9-16(21)2)23(27)25-19-12-6-5-11-18(19)22(26)24-15-17-10-8-14-28-17/h4-7,9,11-13,17,20H,3,8,10,14-15H2,1-2H3,(H,24,26)(H,25,27)/t17-,20+/m1/s1. The molecular weight excluding hydrogens is 368 g/mol. The average molecular weight is 396 g/mol. The Morgan fingerprint density at radius 3 is 2.66 bits per heavy atom. The predicted molar refractivity (Wildman–Crippen MR) is 112 cm³/mol. The first-order chi connectivity index (χ1) is 14.1. The molecule has 2 N–H and O–H groups in total. The lowest BCUT2D eigenvalue weighted by Crippen LogP contribution is -2.35. The number of benzene rings is 2. The highest BCUT2D eigenvalue weighted by Crippen LogP contribution is 2.21. The number of aryl methyl sites for hydroxylation is 1. The van der Waals surface area contributed by atoms with Gasteiger partial charge >= 0.3 is 0 Å². The Hall–Kier alpha value is -2.86. The zero-order chi connectivity index (χ0) is 20.6. The van der Waals surface area contributed by atoms with Gasteiger partial charge < -0.3 is 20.1 Å². The number of para-hydroxylation sites is 2. The molecule has 0 aliphatic carbocycles. The van der Waals surface area contributed by atoms with E-state index in [9.17, 15) is 9.59 Å². The number of ether oxygens (including phenoxy) is 2. The van der Waals surface area contributed by atoms with Crippen LogP contribution in [0.2, 0.25) is 0 Å². The van der Waals surface area contributed by atoms with Gasteiger partial charge in [-0.15, -0.1) is 0 Å². The van der Waals surface area contributed by atoms with E-state index in [0.717, 1.165) is 25.0 Å². The third-order valence-electron chi connectivity index (χ3n) is 4.97. The first kappa shape index (κ1) is 20.9. The highest BCUT2D eigenvalue weighted by Gasteiger charge is 2.22. The summed E-state index contributed by atoms with van der Waals surface area (Å²) in [7, 11) is 0. The normalized spacial score (nSPS) is 16.8. The van der Waals surface area contributed by atoms with Gasteiger partial charge in [0.15, 0.2) is 6.10 Å². The summed E-state index contributed by atoms with van der Waals surface area (Å²) >= 11 is 0. The van der Waals surface area contributed by atoms with E-state index in [4.69, 9.17) is 9.47 Å². The summed E-state index contributed by atoms with van der Waals surface area (Å²) < 4.78 is 11.5. The number of rotatable bonds is 8. The number of hydrogen-bond donors (Lipinski definition) is 2. The summed E-state index contributed by atoms with van der Waals surface area (Å²) in [5, 5.41) is 5.75. The van der Waals surface area contributed by atoms with Gasteiger partial charge in [-0.05, 0) is 49.9 Å². The van der Waals surface area contributed by atoms with E-state index in [0.29, 0.717) is 30.0 Å². The molecule has 6 nitrogen and oxygen atoms in total. The highest BCUT2D eigenvalue weighted by atomic mass is 16.5. The minimum atomic E-state index is -0.654. The predicted octanol–water partition coefficient (Wildman–Crippen LogP) is 3.70. The van der Waals surface area contributed by atoms with Gasteiger partial charge in [-0.1, -0.05) is 37.3 Å². The van der Waals surface area contributed by atoms with Crippen molar-refractivity contribution in [2.45, 2.75) is 45.3 Å². The molecule has 0 aromatic heterocycles. The van der Waals surface area contributed by atoms with E-state index in [1.807, 2.05) is 38.1 Å². The lowest BCUT2D eigenvalue weighted by Gasteiger charge is -2.19. The number of nitrogens with one attached hydrogen (secondary N) is 2. The molecule has 1 aliphatic heterocycles. The molecule has 29 heavy (non-hydrogen) atoms. The second kappa shape index (κ2) is 10.1. The van der Waals surface area contributed by atoms with Gasteiger partial charge in [-0.3, -0.25) is 9.59 Å². The van der Waals surface area contributed by atoms with Crippen LogP contribution in [0.1, 0.15) is 42.1 Å². The molecule has 1 heterocycles. The van der Waals surface area contributed by atoms with Crippen molar-refractivity contribution in [3.05, 3.63) is 59.7 Å². The Morgan fingerprint density at radius 2 is 1.93 bits per heavy atom. The van der Waals surface area contributed by atoms with Crippen LogP contribution in [-0.2, 0) is 9.53 Å². The molecule has 1 fully saturated rings. The summed E-state index contributed by atoms with van der Waals surface area (Å²) in [6, 6.07) is 14.6. The molecule has 2 aromatic rings. The molecule has 1 saturated heterocycles. The third-order valence-corrected chi connectivity index (χ3v) is 4.97. The molecule has 2 aromatic carbocycles. The largest absolute Gasteiger partial charge is 0.480 e. The van der Waals surface area contributed by atoms with Crippen LogP contribution >= 0.6 is 0 Å². The Kier molecular flexibility index (Phi) is 7.25. The number of hydrogen-bond acceptors (Lipinski definition) is 4. The second-order valence-electron chi connectivity index (χ2n) is 7.16. The number of carbonyl (C=O) groups is 2. The van der Waals surface area contributed by atoms with Crippen molar-refractivity contribution in [2.75, 3.05) is 18.5 Å². The van der Waals surface area contributed by atoms with Crippen molar-refractivity contribution in [3.63, 3.8) is 0 Å². The minimum Gasteiger partial charge on any atom is -0.480 e. The maximum absolute atomic E-state index is 12.8. The number of amides is 2. The van der Waals surface area contributed by atoms with Crippen LogP contribution in [0.3, 0.4) is 0 Å². The van der Waals surface area contributed by atoms with E-state index >= 15 is 0 Å². The molecule has 154 valence electrons. The van der Waals surface area contributed by atoms with E-state index in [2.05, 4.69) is 10.6 Å². The van der Waals surface area contributed by atoms with Crippen molar-refractivity contribution in [3.8, 4) is 5.75 Å². The summed E-state index contributed by atoms with van der Waals surface area (Å²) in [5.41, 5.74) is 1.85. The maximum atomic E-state index is 12.8. The van der Waals surface area contributed by atoms with E-state index in [-0.39, 0.29) is 17.9 Å². The lowest BCUT2D eigenvalue weighted by molar-refractivity contribution is -0.122. The molecule has 6 heteroatoms. The number of anilines is 1. The van der Waals surface area contributed by atoms with Crippen molar-refractivity contribution in [2.24, 2.45) is 0 Å². The fourth-order valence-electron chi connectivity index (χ4n) is 3.27. The zero-order valence-corrected chi connectivity index (χ0v) is 16.9. The Morgan fingerprint density at radius 1 is 1.17 bits per heavy atom. The van der Waals surface area contributed by atoms with Gasteiger partial charge in [0.1, 0.15) is 5.75 Å². The monoisotopic (exact) mass is 396 g/mol. The van der Waals surface area contributed by atoms with Crippen LogP contribution in [0, 0.1) is 6.92 Å². The zero-order valence-electron chi connectivity index (χ0n) is 16.9. The molecule has 0 radical (unpaired) electrons. The molecule has 0 saturated carbocycles. The SMILES string of the molecule is CC[C@H](Oc1ccccc1C)C(=O)Nc1ccccc1C(=O)NC[C@H]1CCCO1. The highest BCUT2D eigenvalue weighted by molar-refractivity contribution is 6.04. The van der Waals surface area contributed by atoms with Gasteiger partial charge in [0.25, 0.3) is 11.8 Å². The van der Waals surface area contributed by atoms with Crippen molar-refractivity contribution in [1.29, 1.82) is 0 Å². The van der Waals surface area contributed by atoms with Crippen LogP contribution in [0.25, 0.3) is 0 Å². The van der Waals surface area contributed by atoms with Crippen LogP contribution in [-0.4, -0.2) is 37.2 Å². The lowest BCUT2D eigenvalue weighted by atomic mass is 10.1. The maximum Gasteiger partial charge on any atom is 0.265 e. The van der Waals surface area contributed by atoms with E-state index in [1.165, 1.54) is 0 Å². The smallest absolute Gasteiger partial charge is 0.265 e. The van der Waals surface area contributed by atoms with Crippen molar-refractivity contribution >= 4 is 17.5 Å². The van der Waals surface area contributed by atoms with Crippen molar-refractivity contribution in [1.82, 2.24) is 5.32 Å². The minimum absolute atomic E-state index is 0.0627. The molecule has 1 aliphatic rings. The molecule has 2 amide bonds. The summed E-state index contributed by atoms with van der Waals surface area (Å²) in [5.74, 6) is 0.163. The van der Waals surface area contributed by atoms with Gasteiger partial charge in [0.05, 0.1) is 17.4 Å². The Bertz CT molecular complexity index is 846. The molecule has 3 rings (SSSR count). The van der Waals surface area contributed by atoms with Crippen LogP contribution in [0.5, 0.6) is 5.75 Å².